The van der Waals surface area contributed by atoms with Crippen LogP contribution >= 0.6 is 0 Å². The smallest absolute Gasteiger partial charge is 0.340 e. The van der Waals surface area contributed by atoms with E-state index in [1.54, 1.807) is 0 Å². The molecule has 0 atom stereocenters. The second-order valence-corrected chi connectivity index (χ2v) is 15.7. The van der Waals surface area contributed by atoms with E-state index in [9.17, 15) is 27.2 Å². The Kier molecular flexibility index (Phi) is 13.0. The average molecular weight is 1010 g/mol. The van der Waals surface area contributed by atoms with Gasteiger partial charge in [-0.3, -0.25) is 0 Å². The number of halogens is 15. The molecule has 5 heterocycles. The Labute approximate surface area is 388 Å². The number of nitrogens with zero attached hydrogens (tertiary/aromatic N) is 1. The number of fused-ring (bicyclic) bond motifs is 7. The van der Waals surface area contributed by atoms with Crippen molar-refractivity contribution in [3.05, 3.63) is 189 Å². The molecule has 370 valence electrons. The summed E-state index contributed by atoms with van der Waals surface area (Å²) in [7, 11) is 0. The van der Waals surface area contributed by atoms with Gasteiger partial charge in [-0.2, -0.15) is 0 Å². The molecule has 2 aliphatic heterocycles. The van der Waals surface area contributed by atoms with Crippen molar-refractivity contribution < 1.29 is 84.9 Å². The van der Waals surface area contributed by atoms with Crippen LogP contribution in [0.1, 0.15) is 90.7 Å². The number of aryl methyl sites for hydroxylation is 2. The minimum Gasteiger partial charge on any atom is -0.462 e. The molecule has 8 nitrogen and oxygen atoms in total. The summed E-state index contributed by atoms with van der Waals surface area (Å²) in [5.74, 6) is -36.6. The molecule has 0 saturated heterocycles. The van der Waals surface area contributed by atoms with E-state index in [4.69, 9.17) is 9.47 Å². The van der Waals surface area contributed by atoms with Crippen molar-refractivity contribution in [3.63, 3.8) is 0 Å². The first-order valence-corrected chi connectivity index (χ1v) is 20.8. The molecule has 3 aromatic carbocycles. The predicted octanol–water partition coefficient (Wildman–Crippen LogP) is 10.1. The van der Waals surface area contributed by atoms with Crippen LogP contribution in [-0.2, 0) is 29.0 Å². The lowest BCUT2D eigenvalue weighted by Gasteiger charge is -2.15. The first-order valence-electron chi connectivity index (χ1n) is 20.8. The number of ether oxygens (including phenoxy) is 2. The summed E-state index contributed by atoms with van der Waals surface area (Å²) < 4.78 is 242. The molecule has 0 fully saturated rings. The number of hydrogen-bond donors (Lipinski definition) is 3. The maximum Gasteiger partial charge on any atom is 0.340 e. The highest BCUT2D eigenvalue weighted by Gasteiger charge is 2.37. The topological polar surface area (TPSA) is 112 Å². The molecule has 3 aromatic heterocycles. The third-order valence-electron chi connectivity index (χ3n) is 11.8. The van der Waals surface area contributed by atoms with E-state index < -0.39 is 196 Å². The Morgan fingerprint density at radius 3 is 1.32 bits per heavy atom. The van der Waals surface area contributed by atoms with E-state index in [-0.39, 0.29) is 35.7 Å². The van der Waals surface area contributed by atoms with Gasteiger partial charge in [-0.05, 0) is 75.9 Å². The molecule has 6 aromatic rings. The summed E-state index contributed by atoms with van der Waals surface area (Å²) in [4.78, 5) is 39.6. The number of benzene rings is 3. The van der Waals surface area contributed by atoms with Crippen LogP contribution in [0.15, 0.2) is 35.0 Å². The van der Waals surface area contributed by atoms with Crippen molar-refractivity contribution >= 4 is 34.4 Å². The lowest BCUT2D eigenvalue weighted by molar-refractivity contribution is 0.0513. The van der Waals surface area contributed by atoms with E-state index >= 15 is 48.3 Å². The Bertz CT molecular complexity index is 3510. The fraction of sp³-hybridized carbons (Fsp3) is 0.188. The summed E-state index contributed by atoms with van der Waals surface area (Å²) in [6.07, 6.45) is 0.579. The zero-order valence-electron chi connectivity index (χ0n) is 36.6. The second kappa shape index (κ2) is 18.6. The number of carbonyl (C=O) groups is 2. The first kappa shape index (κ1) is 49.7. The summed E-state index contributed by atoms with van der Waals surface area (Å²) in [5, 5.41) is -1.50. The molecule has 0 saturated carbocycles. The van der Waals surface area contributed by atoms with Crippen LogP contribution in [0.3, 0.4) is 0 Å². The molecule has 8 rings (SSSR count). The highest BCUT2D eigenvalue weighted by Crippen LogP contribution is 2.41. The Morgan fingerprint density at radius 1 is 0.507 bits per heavy atom. The molecular formula is C48H29F15N4O4. The fourth-order valence-corrected chi connectivity index (χ4v) is 8.57. The Morgan fingerprint density at radius 2 is 0.887 bits per heavy atom. The normalized spacial score (nSPS) is 16.2. The molecule has 23 heteroatoms. The molecule has 0 aliphatic carbocycles. The molecule has 8 bridgehead atoms. The lowest BCUT2D eigenvalue weighted by atomic mass is 9.95. The molecule has 0 amide bonds. The van der Waals surface area contributed by atoms with Crippen LogP contribution in [0.2, 0.25) is 0 Å². The first-order chi connectivity index (χ1) is 33.6. The highest BCUT2D eigenvalue weighted by molar-refractivity contribution is 6.30. The van der Waals surface area contributed by atoms with E-state index in [0.717, 1.165) is 38.1 Å². The zero-order chi connectivity index (χ0) is 51.8. The van der Waals surface area contributed by atoms with Crippen molar-refractivity contribution in [2.24, 2.45) is 4.99 Å². The largest absolute Gasteiger partial charge is 0.462 e. The number of H-pyrrole nitrogens is 3. The molecule has 0 spiro atoms. The molecule has 2 aliphatic rings. The number of rotatable bonds is 8. The van der Waals surface area contributed by atoms with Crippen LogP contribution < -0.4 is 10.7 Å². The van der Waals surface area contributed by atoms with Gasteiger partial charge in [0.05, 0.1) is 69.4 Å². The monoisotopic (exact) mass is 1010 g/mol. The predicted molar refractivity (Wildman–Crippen MR) is 221 cm³/mol. The third-order valence-corrected chi connectivity index (χ3v) is 11.8. The average Bonchev–Trinajstić information content (AvgIpc) is 4.15. The zero-order valence-corrected chi connectivity index (χ0v) is 36.6. The van der Waals surface area contributed by atoms with E-state index in [1.165, 1.54) is 13.8 Å². The number of carbonyl (C=O) groups excluding carboxylic acids is 2. The van der Waals surface area contributed by atoms with Gasteiger partial charge in [-0.1, -0.05) is 0 Å². The molecular weight excluding hydrogens is 982 g/mol. The van der Waals surface area contributed by atoms with Crippen LogP contribution in [0.5, 0.6) is 0 Å². The molecule has 0 unspecified atom stereocenters. The third kappa shape index (κ3) is 7.71. The van der Waals surface area contributed by atoms with E-state index in [2.05, 4.69) is 19.9 Å². The summed E-state index contributed by atoms with van der Waals surface area (Å²) in [6.45, 7) is 2.34. The summed E-state index contributed by atoms with van der Waals surface area (Å²) in [6, 6.07) is 1.63. The minimum atomic E-state index is -2.60. The van der Waals surface area contributed by atoms with Gasteiger partial charge < -0.3 is 24.4 Å². The number of aromatic nitrogens is 3. The van der Waals surface area contributed by atoms with Gasteiger partial charge in [0.2, 0.25) is 11.6 Å². The van der Waals surface area contributed by atoms with Crippen LogP contribution in [0, 0.1) is 95.3 Å². The van der Waals surface area contributed by atoms with Crippen LogP contribution in [0.4, 0.5) is 65.9 Å². The SMILES string of the molecule is CCOC(=O)c1c2[nH]c(c1C)/C(c1c(F)c(F)c(F)c(F)c1F)=C1/C=CC(=N1)/C(c1c(F)c(F)c(F)c(CF)c1F)=c1/cc/c([nH]1)=C(\c1c(F)c(F)c(F)c(F)c1F)c1[nH]c(c(C(=O)OCC)c1C)CC2. The van der Waals surface area contributed by atoms with Crippen molar-refractivity contribution in [1.29, 1.82) is 0 Å². The summed E-state index contributed by atoms with van der Waals surface area (Å²) in [5.41, 5.74) is -14.7. The standard InChI is InChI=1S/C48H29F15N4O4/c1-5-70-47(68)23-14(3)45-26(29-34(53)39(58)43(62)40(59)35(29)54)21-11-9-19(64-21)25(28-31(50)16(13-49)32(51)38(57)33(28)52)20-10-12-22(65-20)27(30-36(55)41(60)44(63)42(61)37(30)56)46-15(4)24(48(69)71-6-2)18(67-46)8-7-17(23)66-45/h9-12,64,66-67H,5-8,13H2,1-4H3/b25-19+,26-21-,27-22-. The van der Waals surface area contributed by atoms with Crippen LogP contribution in [-0.4, -0.2) is 45.8 Å². The number of alkyl halides is 1. The van der Waals surface area contributed by atoms with E-state index in [1.807, 2.05) is 0 Å². The Hall–Kier alpha value is -7.72. The number of aromatic amines is 3. The number of hydrogen-bond acceptors (Lipinski definition) is 5. The number of aliphatic imine (C=N–C) groups is 1. The molecule has 71 heavy (non-hydrogen) atoms. The van der Waals surface area contributed by atoms with Crippen molar-refractivity contribution in [3.8, 4) is 0 Å². The number of nitrogens with one attached hydrogen (secondary N) is 3. The van der Waals surface area contributed by atoms with Gasteiger partial charge >= 0.3 is 11.9 Å². The van der Waals surface area contributed by atoms with E-state index in [0.29, 0.717) is 0 Å². The molecule has 3 N–H and O–H groups in total. The highest BCUT2D eigenvalue weighted by atomic mass is 19.2. The summed E-state index contributed by atoms with van der Waals surface area (Å²) >= 11 is 0. The maximum atomic E-state index is 16.4. The van der Waals surface area contributed by atoms with Crippen LogP contribution in [0.25, 0.3) is 16.7 Å². The van der Waals surface area contributed by atoms with Gasteiger partial charge in [-0.15, -0.1) is 0 Å². The van der Waals surface area contributed by atoms with Crippen molar-refractivity contribution in [2.75, 3.05) is 13.2 Å². The number of esters is 2. The maximum absolute atomic E-state index is 16.4. The van der Waals surface area contributed by atoms with Gasteiger partial charge in [0.25, 0.3) is 0 Å². The fourth-order valence-electron chi connectivity index (χ4n) is 8.57. The van der Waals surface area contributed by atoms with Crippen molar-refractivity contribution in [2.45, 2.75) is 47.2 Å². The van der Waals surface area contributed by atoms with Gasteiger partial charge in [0.15, 0.2) is 64.0 Å². The number of allylic oxidation sites excluding steroid dienone is 2. The molecule has 0 radical (unpaired) electrons. The van der Waals surface area contributed by atoms with Gasteiger partial charge in [0, 0.05) is 38.8 Å². The second-order valence-electron chi connectivity index (χ2n) is 15.7. The van der Waals surface area contributed by atoms with Gasteiger partial charge in [-0.25, -0.2) is 80.4 Å². The quantitative estimate of drug-likeness (QED) is 0.0610. The Balaban J connectivity index is 1.65. The van der Waals surface area contributed by atoms with Crippen molar-refractivity contribution in [1.82, 2.24) is 15.0 Å². The minimum absolute atomic E-state index is 0.236. The lowest BCUT2D eigenvalue weighted by Crippen LogP contribution is -2.23. The van der Waals surface area contributed by atoms with Gasteiger partial charge in [0.1, 0.15) is 12.5 Å².